The number of nitrogens with two attached hydrogens (primary N) is 1. The zero-order chi connectivity index (χ0) is 17.0. The molecule has 1 aliphatic heterocycles. The van der Waals surface area contributed by atoms with Crippen molar-refractivity contribution in [2.75, 3.05) is 24.7 Å². The number of hydrogen-bond acceptors (Lipinski definition) is 5. The maximum absolute atomic E-state index is 12.0. The average molecular weight is 322 g/mol. The third kappa shape index (κ3) is 3.95. The number of aryl methyl sites for hydroxylation is 1. The van der Waals surface area contributed by atoms with Crippen molar-refractivity contribution in [3.63, 3.8) is 0 Å². The van der Waals surface area contributed by atoms with E-state index in [1.807, 2.05) is 50.8 Å². The van der Waals surface area contributed by atoms with Gasteiger partial charge >= 0.3 is 0 Å². The highest BCUT2D eigenvalue weighted by Gasteiger charge is 2.38. The Morgan fingerprint density at radius 1 is 1.35 bits per heavy atom. The van der Waals surface area contributed by atoms with Crippen molar-refractivity contribution in [2.24, 2.45) is 5.73 Å². The van der Waals surface area contributed by atoms with Crippen LogP contribution in [-0.2, 0) is 14.3 Å². The molecule has 0 aromatic heterocycles. The molecule has 6 nitrogen and oxygen atoms in total. The molecule has 2 unspecified atom stereocenters. The van der Waals surface area contributed by atoms with Crippen LogP contribution in [-0.4, -0.2) is 44.1 Å². The molecule has 1 aromatic rings. The number of carbonyl (C=O) groups excluding carboxylic acids is 1. The molecule has 0 bridgehead atoms. The summed E-state index contributed by atoms with van der Waals surface area (Å²) in [6, 6.07) is 5.33. The second-order valence-electron chi connectivity index (χ2n) is 5.63. The van der Waals surface area contributed by atoms with Crippen LogP contribution in [0, 0.1) is 6.92 Å². The van der Waals surface area contributed by atoms with Crippen molar-refractivity contribution in [2.45, 2.75) is 46.1 Å². The van der Waals surface area contributed by atoms with Gasteiger partial charge in [0.15, 0.2) is 6.29 Å². The Hall–Kier alpha value is -1.79. The smallest absolute Gasteiger partial charge is 0.243 e. The maximum Gasteiger partial charge on any atom is 0.243 e. The van der Waals surface area contributed by atoms with Crippen LogP contribution in [0.25, 0.3) is 0 Å². The second-order valence-corrected chi connectivity index (χ2v) is 5.63. The van der Waals surface area contributed by atoms with E-state index in [2.05, 4.69) is 0 Å². The fraction of sp³-hybridized carbons (Fsp3) is 0.588. The predicted octanol–water partition coefficient (Wildman–Crippen LogP) is 1.84. The van der Waals surface area contributed by atoms with E-state index in [-0.39, 0.29) is 6.10 Å². The summed E-state index contributed by atoms with van der Waals surface area (Å²) >= 11 is 0. The molecule has 2 rings (SSSR count). The number of ether oxygens (including phenoxy) is 3. The summed E-state index contributed by atoms with van der Waals surface area (Å²) in [6.45, 7) is 9.16. The highest BCUT2D eigenvalue weighted by atomic mass is 16.7. The third-order valence-electron chi connectivity index (χ3n) is 3.86. The van der Waals surface area contributed by atoms with Crippen LogP contribution in [0.4, 0.5) is 5.69 Å². The van der Waals surface area contributed by atoms with E-state index in [1.54, 1.807) is 0 Å². The van der Waals surface area contributed by atoms with Gasteiger partial charge in [0, 0.05) is 13.2 Å². The van der Waals surface area contributed by atoms with Gasteiger partial charge in [-0.15, -0.1) is 0 Å². The number of anilines is 1. The van der Waals surface area contributed by atoms with E-state index in [0.29, 0.717) is 19.8 Å². The summed E-state index contributed by atoms with van der Waals surface area (Å²) in [5.41, 5.74) is 7.55. The quantitative estimate of drug-likeness (QED) is 0.775. The van der Waals surface area contributed by atoms with Gasteiger partial charge in [0.05, 0.1) is 12.2 Å². The molecule has 0 saturated carbocycles. The molecular formula is C17H26N2O4. The van der Waals surface area contributed by atoms with Crippen LogP contribution in [0.5, 0.6) is 5.75 Å². The summed E-state index contributed by atoms with van der Waals surface area (Å²) in [5, 5.41) is 0. The van der Waals surface area contributed by atoms with Gasteiger partial charge in [-0.1, -0.05) is 6.07 Å². The molecule has 0 saturated heterocycles. The summed E-state index contributed by atoms with van der Waals surface area (Å²) < 4.78 is 17.1. The van der Waals surface area contributed by atoms with Gasteiger partial charge in [0.25, 0.3) is 0 Å². The van der Waals surface area contributed by atoms with Crippen molar-refractivity contribution >= 4 is 11.6 Å². The zero-order valence-electron chi connectivity index (χ0n) is 14.2. The van der Waals surface area contributed by atoms with Crippen molar-refractivity contribution in [1.82, 2.24) is 0 Å². The van der Waals surface area contributed by atoms with Crippen LogP contribution < -0.4 is 15.4 Å². The topological polar surface area (TPSA) is 74.0 Å². The SMILES string of the molecule is CCOC(CN1c2cc(C)ccc2OC(C)C1C(N)=O)OCC. The number of benzene rings is 1. The average Bonchev–Trinajstić information content (AvgIpc) is 2.48. The summed E-state index contributed by atoms with van der Waals surface area (Å²) in [4.78, 5) is 13.9. The maximum atomic E-state index is 12.0. The van der Waals surface area contributed by atoms with Crippen LogP contribution in [0.2, 0.25) is 0 Å². The van der Waals surface area contributed by atoms with Crippen LogP contribution >= 0.6 is 0 Å². The van der Waals surface area contributed by atoms with Crippen molar-refractivity contribution in [1.29, 1.82) is 0 Å². The van der Waals surface area contributed by atoms with Gasteiger partial charge in [-0.2, -0.15) is 0 Å². The number of amides is 1. The Morgan fingerprint density at radius 3 is 2.57 bits per heavy atom. The summed E-state index contributed by atoms with van der Waals surface area (Å²) in [6.07, 6.45) is -0.767. The Labute approximate surface area is 137 Å². The number of fused-ring (bicyclic) bond motifs is 1. The van der Waals surface area contributed by atoms with Crippen molar-refractivity contribution in [3.05, 3.63) is 23.8 Å². The summed E-state index contributed by atoms with van der Waals surface area (Å²) in [7, 11) is 0. The fourth-order valence-electron chi connectivity index (χ4n) is 2.90. The van der Waals surface area contributed by atoms with Gasteiger partial charge in [-0.25, -0.2) is 0 Å². The van der Waals surface area contributed by atoms with Gasteiger partial charge in [0.2, 0.25) is 5.91 Å². The Balaban J connectivity index is 2.37. The first-order chi connectivity index (χ1) is 11.0. The first-order valence-electron chi connectivity index (χ1n) is 8.04. The largest absolute Gasteiger partial charge is 0.486 e. The number of nitrogens with zero attached hydrogens (tertiary/aromatic N) is 1. The van der Waals surface area contributed by atoms with Gasteiger partial charge < -0.3 is 24.8 Å². The van der Waals surface area contributed by atoms with Crippen LogP contribution in [0.1, 0.15) is 26.3 Å². The molecule has 23 heavy (non-hydrogen) atoms. The van der Waals surface area contributed by atoms with Gasteiger partial charge in [-0.05, 0) is 45.4 Å². The number of rotatable bonds is 7. The summed E-state index contributed by atoms with van der Waals surface area (Å²) in [5.74, 6) is 0.323. The van der Waals surface area contributed by atoms with Crippen molar-refractivity contribution < 1.29 is 19.0 Å². The normalized spacial score (nSPS) is 20.3. The lowest BCUT2D eigenvalue weighted by Crippen LogP contribution is -2.57. The third-order valence-corrected chi connectivity index (χ3v) is 3.86. The molecule has 2 atom stereocenters. The Morgan fingerprint density at radius 2 is 2.00 bits per heavy atom. The minimum absolute atomic E-state index is 0.341. The molecule has 1 amide bonds. The number of carbonyl (C=O) groups is 1. The van der Waals surface area contributed by atoms with Crippen molar-refractivity contribution in [3.8, 4) is 5.75 Å². The highest BCUT2D eigenvalue weighted by molar-refractivity contribution is 5.86. The van der Waals surface area contributed by atoms with Gasteiger partial charge in [-0.3, -0.25) is 4.79 Å². The molecule has 128 valence electrons. The van der Waals surface area contributed by atoms with E-state index in [1.165, 1.54) is 0 Å². The van der Waals surface area contributed by atoms with E-state index in [9.17, 15) is 4.79 Å². The molecule has 6 heteroatoms. The molecule has 1 aromatic carbocycles. The fourth-order valence-corrected chi connectivity index (χ4v) is 2.90. The van der Waals surface area contributed by atoms with Gasteiger partial charge in [0.1, 0.15) is 17.9 Å². The predicted molar refractivity (Wildman–Crippen MR) is 88.6 cm³/mol. The van der Waals surface area contributed by atoms with E-state index >= 15 is 0 Å². The zero-order valence-corrected chi connectivity index (χ0v) is 14.2. The van der Waals surface area contributed by atoms with Crippen LogP contribution in [0.3, 0.4) is 0 Å². The lowest BCUT2D eigenvalue weighted by atomic mass is 10.0. The second kappa shape index (κ2) is 7.66. The molecule has 1 heterocycles. The minimum atomic E-state index is -0.562. The molecule has 0 radical (unpaired) electrons. The first-order valence-corrected chi connectivity index (χ1v) is 8.04. The monoisotopic (exact) mass is 322 g/mol. The number of primary amides is 1. The first kappa shape index (κ1) is 17.6. The highest BCUT2D eigenvalue weighted by Crippen LogP contribution is 2.37. The number of hydrogen-bond donors (Lipinski definition) is 1. The Kier molecular flexibility index (Phi) is 5.85. The molecule has 0 spiro atoms. The molecule has 1 aliphatic rings. The molecule has 0 fully saturated rings. The minimum Gasteiger partial charge on any atom is -0.486 e. The molecule has 2 N–H and O–H groups in total. The molecule has 0 aliphatic carbocycles. The Bertz CT molecular complexity index is 543. The lowest BCUT2D eigenvalue weighted by Gasteiger charge is -2.42. The van der Waals surface area contributed by atoms with E-state index < -0.39 is 18.2 Å². The van der Waals surface area contributed by atoms with Crippen LogP contribution in [0.15, 0.2) is 18.2 Å². The molecular weight excluding hydrogens is 296 g/mol. The standard InChI is InChI=1S/C17H26N2O4/c1-5-21-15(22-6-2)10-19-13-9-11(3)7-8-14(13)23-12(4)16(19)17(18)20/h7-9,12,15-16H,5-6,10H2,1-4H3,(H2,18,20). The van der Waals surface area contributed by atoms with E-state index in [4.69, 9.17) is 19.9 Å². The van der Waals surface area contributed by atoms with E-state index in [0.717, 1.165) is 17.0 Å². The lowest BCUT2D eigenvalue weighted by molar-refractivity contribution is -0.133.